The molecule has 1 heterocycles. The highest BCUT2D eigenvalue weighted by atomic mass is 16.4. The molecule has 2 N–H and O–H groups in total. The molecule has 74 valence electrons. The maximum Gasteiger partial charge on any atom is 0.337 e. The maximum atomic E-state index is 10.9. The molecule has 0 unspecified atom stereocenters. The summed E-state index contributed by atoms with van der Waals surface area (Å²) in [5.74, 6) is -0.917. The van der Waals surface area contributed by atoms with Gasteiger partial charge in [-0.3, -0.25) is 4.98 Å². The third-order valence-corrected chi connectivity index (χ3v) is 2.49. The van der Waals surface area contributed by atoms with E-state index in [2.05, 4.69) is 17.2 Å². The van der Waals surface area contributed by atoms with E-state index in [1.807, 2.05) is 0 Å². The Morgan fingerprint density at radius 3 is 2.93 bits per heavy atom. The van der Waals surface area contributed by atoms with Gasteiger partial charge in [-0.25, -0.2) is 4.79 Å². The Morgan fingerprint density at radius 2 is 2.36 bits per heavy atom. The van der Waals surface area contributed by atoms with Crippen molar-refractivity contribution in [2.45, 2.75) is 25.3 Å². The van der Waals surface area contributed by atoms with Gasteiger partial charge in [0.25, 0.3) is 0 Å². The van der Waals surface area contributed by atoms with Gasteiger partial charge in [0.1, 0.15) is 0 Å². The second kappa shape index (κ2) is 2.97. The van der Waals surface area contributed by atoms with Crippen LogP contribution in [-0.2, 0) is 0 Å². The molecule has 2 rings (SSSR count). The summed E-state index contributed by atoms with van der Waals surface area (Å²) in [6.07, 6.45) is 5.22. The fourth-order valence-electron chi connectivity index (χ4n) is 1.32. The smallest absolute Gasteiger partial charge is 0.337 e. The molecule has 4 nitrogen and oxygen atoms in total. The highest BCUT2D eigenvalue weighted by molar-refractivity contribution is 5.94. The third kappa shape index (κ3) is 1.69. The number of carbonyl (C=O) groups is 1. The molecule has 1 fully saturated rings. The number of carboxylic acids is 1. The van der Waals surface area contributed by atoms with Crippen LogP contribution in [0.25, 0.3) is 0 Å². The average Bonchev–Trinajstić information content (AvgIpc) is 2.84. The predicted molar refractivity (Wildman–Crippen MR) is 52.5 cm³/mol. The number of aromatic carboxylic acids is 1. The number of nitrogens with one attached hydrogen (secondary N) is 1. The van der Waals surface area contributed by atoms with Crippen molar-refractivity contribution in [2.24, 2.45) is 0 Å². The lowest BCUT2D eigenvalue weighted by atomic mass is 10.2. The summed E-state index contributed by atoms with van der Waals surface area (Å²) in [6.45, 7) is 2.08. The molecule has 0 bridgehead atoms. The van der Waals surface area contributed by atoms with Crippen LogP contribution in [0.15, 0.2) is 18.5 Å². The summed E-state index contributed by atoms with van der Waals surface area (Å²) >= 11 is 0. The Morgan fingerprint density at radius 1 is 1.64 bits per heavy atom. The zero-order chi connectivity index (χ0) is 10.2. The highest BCUT2D eigenvalue weighted by Gasteiger charge is 2.37. The largest absolute Gasteiger partial charge is 0.478 e. The van der Waals surface area contributed by atoms with Gasteiger partial charge in [0.15, 0.2) is 0 Å². The SMILES string of the molecule is CC1(Nc2cnccc2C(=O)O)CC1. The van der Waals surface area contributed by atoms with Crippen molar-refractivity contribution < 1.29 is 9.90 Å². The van der Waals surface area contributed by atoms with E-state index in [0.717, 1.165) is 12.8 Å². The number of carboxylic acid groups (broad SMARTS) is 1. The fraction of sp³-hybridized carbons (Fsp3) is 0.400. The lowest BCUT2D eigenvalue weighted by Gasteiger charge is -2.14. The number of rotatable bonds is 3. The van der Waals surface area contributed by atoms with Crippen LogP contribution >= 0.6 is 0 Å². The summed E-state index contributed by atoms with van der Waals surface area (Å²) in [5, 5.41) is 12.1. The standard InChI is InChI=1S/C10H12N2O2/c1-10(3-4-10)12-8-6-11-5-2-7(8)9(13)14/h2,5-6,12H,3-4H2,1H3,(H,13,14). The van der Waals surface area contributed by atoms with E-state index in [-0.39, 0.29) is 11.1 Å². The molecule has 4 heteroatoms. The Kier molecular flexibility index (Phi) is 1.91. The van der Waals surface area contributed by atoms with E-state index in [1.54, 1.807) is 6.20 Å². The monoisotopic (exact) mass is 192 g/mol. The molecule has 0 amide bonds. The second-order valence-corrected chi connectivity index (χ2v) is 3.91. The van der Waals surface area contributed by atoms with Crippen LogP contribution in [0.1, 0.15) is 30.1 Å². The summed E-state index contributed by atoms with van der Waals surface area (Å²) in [7, 11) is 0. The van der Waals surface area contributed by atoms with Gasteiger partial charge in [-0.1, -0.05) is 0 Å². The van der Waals surface area contributed by atoms with E-state index in [9.17, 15) is 4.79 Å². The molecular weight excluding hydrogens is 180 g/mol. The first-order chi connectivity index (χ1) is 6.61. The third-order valence-electron chi connectivity index (χ3n) is 2.49. The van der Waals surface area contributed by atoms with E-state index in [4.69, 9.17) is 5.11 Å². The van der Waals surface area contributed by atoms with Crippen molar-refractivity contribution in [3.05, 3.63) is 24.0 Å². The normalized spacial score (nSPS) is 17.5. The van der Waals surface area contributed by atoms with Gasteiger partial charge in [-0.2, -0.15) is 0 Å². The Labute approximate surface area is 82.0 Å². The number of aromatic nitrogens is 1. The highest BCUT2D eigenvalue weighted by Crippen LogP contribution is 2.38. The Bertz CT molecular complexity index is 372. The number of anilines is 1. The van der Waals surface area contributed by atoms with Gasteiger partial charge in [-0.15, -0.1) is 0 Å². The van der Waals surface area contributed by atoms with Crippen molar-refractivity contribution in [2.75, 3.05) is 5.32 Å². The van der Waals surface area contributed by atoms with Gasteiger partial charge < -0.3 is 10.4 Å². The number of nitrogens with zero attached hydrogens (tertiary/aromatic N) is 1. The minimum Gasteiger partial charge on any atom is -0.478 e. The predicted octanol–water partition coefficient (Wildman–Crippen LogP) is 1.74. The van der Waals surface area contributed by atoms with Gasteiger partial charge >= 0.3 is 5.97 Å². The lowest BCUT2D eigenvalue weighted by Crippen LogP contribution is -2.18. The topological polar surface area (TPSA) is 62.2 Å². The zero-order valence-electron chi connectivity index (χ0n) is 7.95. The summed E-state index contributed by atoms with van der Waals surface area (Å²) < 4.78 is 0. The van der Waals surface area contributed by atoms with Gasteiger partial charge in [0, 0.05) is 11.7 Å². The number of pyridine rings is 1. The minimum atomic E-state index is -0.917. The van der Waals surface area contributed by atoms with E-state index in [1.165, 1.54) is 12.3 Å². The molecule has 1 aromatic heterocycles. The summed E-state index contributed by atoms with van der Waals surface area (Å²) in [4.78, 5) is 14.8. The number of hydrogen-bond acceptors (Lipinski definition) is 3. The van der Waals surface area contributed by atoms with E-state index >= 15 is 0 Å². The molecule has 0 aliphatic heterocycles. The van der Waals surface area contributed by atoms with Crippen LogP contribution < -0.4 is 5.32 Å². The van der Waals surface area contributed by atoms with Crippen LogP contribution in [0.3, 0.4) is 0 Å². The van der Waals surface area contributed by atoms with Gasteiger partial charge in [0.05, 0.1) is 17.4 Å². The molecular formula is C10H12N2O2. The summed E-state index contributed by atoms with van der Waals surface area (Å²) in [6, 6.07) is 1.51. The van der Waals surface area contributed by atoms with Crippen LogP contribution in [0.5, 0.6) is 0 Å². The van der Waals surface area contributed by atoms with Gasteiger partial charge in [0.2, 0.25) is 0 Å². The quantitative estimate of drug-likeness (QED) is 0.765. The van der Waals surface area contributed by atoms with Crippen LogP contribution in [0.2, 0.25) is 0 Å². The molecule has 0 radical (unpaired) electrons. The van der Waals surface area contributed by atoms with Crippen LogP contribution in [0.4, 0.5) is 5.69 Å². The molecule has 1 aliphatic rings. The van der Waals surface area contributed by atoms with Crippen molar-refractivity contribution in [3.63, 3.8) is 0 Å². The molecule has 0 spiro atoms. The van der Waals surface area contributed by atoms with E-state index < -0.39 is 5.97 Å². The van der Waals surface area contributed by atoms with Crippen LogP contribution in [0, 0.1) is 0 Å². The van der Waals surface area contributed by atoms with Crippen molar-refractivity contribution >= 4 is 11.7 Å². The molecule has 1 aliphatic carbocycles. The Balaban J connectivity index is 2.27. The molecule has 0 saturated heterocycles. The minimum absolute atomic E-state index is 0.0766. The molecule has 0 aromatic carbocycles. The van der Waals surface area contributed by atoms with Crippen molar-refractivity contribution in [1.29, 1.82) is 0 Å². The first kappa shape index (κ1) is 8.99. The molecule has 1 saturated carbocycles. The lowest BCUT2D eigenvalue weighted by molar-refractivity contribution is 0.0698. The van der Waals surface area contributed by atoms with E-state index in [0.29, 0.717) is 5.69 Å². The maximum absolute atomic E-state index is 10.9. The Hall–Kier alpha value is -1.58. The molecule has 14 heavy (non-hydrogen) atoms. The van der Waals surface area contributed by atoms with Crippen molar-refractivity contribution in [3.8, 4) is 0 Å². The van der Waals surface area contributed by atoms with Gasteiger partial charge in [-0.05, 0) is 25.8 Å². The molecule has 0 atom stereocenters. The second-order valence-electron chi connectivity index (χ2n) is 3.91. The first-order valence-corrected chi connectivity index (χ1v) is 4.56. The van der Waals surface area contributed by atoms with Crippen molar-refractivity contribution in [1.82, 2.24) is 4.98 Å². The first-order valence-electron chi connectivity index (χ1n) is 4.56. The van der Waals surface area contributed by atoms with Crippen LogP contribution in [-0.4, -0.2) is 21.6 Å². The molecule has 1 aromatic rings. The zero-order valence-corrected chi connectivity index (χ0v) is 7.95. The summed E-state index contributed by atoms with van der Waals surface area (Å²) in [5.41, 5.74) is 0.973. The fourth-order valence-corrected chi connectivity index (χ4v) is 1.32. The average molecular weight is 192 g/mol. The number of hydrogen-bond donors (Lipinski definition) is 2.